The highest BCUT2D eigenvalue weighted by atomic mass is 16.7. The maximum absolute atomic E-state index is 13.7. The van der Waals surface area contributed by atoms with Gasteiger partial charge in [-0.1, -0.05) is 53.7 Å². The number of carbonyl (C=O) groups is 2. The van der Waals surface area contributed by atoms with Gasteiger partial charge in [-0.25, -0.2) is 0 Å². The predicted octanol–water partition coefficient (Wildman–Crippen LogP) is 5.12. The Morgan fingerprint density at radius 1 is 1.05 bits per heavy atom. The van der Waals surface area contributed by atoms with Gasteiger partial charge in [-0.2, -0.15) is 0 Å². The van der Waals surface area contributed by atoms with Crippen LogP contribution in [0.3, 0.4) is 0 Å². The van der Waals surface area contributed by atoms with Crippen LogP contribution in [-0.4, -0.2) is 42.6 Å². The van der Waals surface area contributed by atoms with E-state index in [4.69, 9.17) is 9.31 Å². The first kappa shape index (κ1) is 27.7. The van der Waals surface area contributed by atoms with Crippen LogP contribution < -0.4 is 10.6 Å². The summed E-state index contributed by atoms with van der Waals surface area (Å²) in [7, 11) is -0.476. The molecule has 4 fully saturated rings. The monoisotopic (exact) mass is 522 g/mol. The van der Waals surface area contributed by atoms with Crippen molar-refractivity contribution in [1.29, 1.82) is 0 Å². The van der Waals surface area contributed by atoms with Crippen LogP contribution in [0.5, 0.6) is 0 Å². The van der Waals surface area contributed by atoms with Crippen LogP contribution in [0.25, 0.3) is 0 Å². The molecule has 6 rings (SSSR count). The lowest BCUT2D eigenvalue weighted by molar-refractivity contribution is -0.199. The lowest BCUT2D eigenvalue weighted by Gasteiger charge is -2.64. The van der Waals surface area contributed by atoms with Gasteiger partial charge in [-0.15, -0.1) is 0 Å². The quantitative estimate of drug-likeness (QED) is 0.465. The molecule has 6 nitrogen and oxygen atoms in total. The second-order valence-electron chi connectivity index (χ2n) is 13.9. The van der Waals surface area contributed by atoms with E-state index in [1.54, 1.807) is 0 Å². The number of hydrogen-bond acceptors (Lipinski definition) is 4. The topological polar surface area (TPSA) is 76.7 Å². The van der Waals surface area contributed by atoms with Gasteiger partial charge in [0.1, 0.15) is 6.04 Å². The minimum absolute atomic E-state index is 0.0586. The third-order valence-corrected chi connectivity index (χ3v) is 10.2. The molecule has 0 aromatic heterocycles. The van der Waals surface area contributed by atoms with Crippen LogP contribution in [0.15, 0.2) is 18.2 Å². The van der Waals surface area contributed by atoms with Crippen LogP contribution in [0, 0.1) is 29.1 Å². The van der Waals surface area contributed by atoms with Crippen molar-refractivity contribution in [3.8, 4) is 0 Å². The molecule has 4 aliphatic carbocycles. The van der Waals surface area contributed by atoms with Crippen LogP contribution in [0.1, 0.15) is 102 Å². The molecule has 0 spiro atoms. The second kappa shape index (κ2) is 10.3. The van der Waals surface area contributed by atoms with Crippen LogP contribution in [0.4, 0.5) is 0 Å². The fraction of sp³-hybridized carbons (Fsp3) is 0.742. The Labute approximate surface area is 229 Å². The zero-order valence-corrected chi connectivity index (χ0v) is 24.4. The number of nitrogens with one attached hydrogen (secondary N) is 2. The minimum Gasteiger partial charge on any atom is -0.404 e. The van der Waals surface area contributed by atoms with Gasteiger partial charge >= 0.3 is 7.12 Å². The van der Waals surface area contributed by atoms with E-state index in [9.17, 15) is 9.59 Å². The van der Waals surface area contributed by atoms with Gasteiger partial charge in [0, 0.05) is 5.56 Å². The van der Waals surface area contributed by atoms with E-state index in [1.165, 1.54) is 12.0 Å². The molecule has 5 aliphatic rings. The zero-order chi connectivity index (χ0) is 27.4. The van der Waals surface area contributed by atoms with Crippen LogP contribution >= 0.6 is 0 Å². The first-order valence-corrected chi connectivity index (χ1v) is 15.0. The van der Waals surface area contributed by atoms with Gasteiger partial charge in [0.15, 0.2) is 0 Å². The second-order valence-corrected chi connectivity index (χ2v) is 13.9. The number of rotatable bonds is 8. The summed E-state index contributed by atoms with van der Waals surface area (Å²) in [5, 5.41) is 6.34. The molecule has 2 N–H and O–H groups in total. The van der Waals surface area contributed by atoms with E-state index >= 15 is 0 Å². The van der Waals surface area contributed by atoms with E-state index < -0.39 is 13.2 Å². The third-order valence-electron chi connectivity index (χ3n) is 10.2. The largest absolute Gasteiger partial charge is 0.481 e. The zero-order valence-electron chi connectivity index (χ0n) is 24.4. The fourth-order valence-corrected chi connectivity index (χ4v) is 7.84. The Morgan fingerprint density at radius 2 is 1.79 bits per heavy atom. The van der Waals surface area contributed by atoms with Crippen molar-refractivity contribution in [2.24, 2.45) is 29.1 Å². The molecular weight excluding hydrogens is 475 g/mol. The van der Waals surface area contributed by atoms with Gasteiger partial charge in [-0.3, -0.25) is 9.59 Å². The van der Waals surface area contributed by atoms with E-state index in [1.807, 2.05) is 26.0 Å². The first-order chi connectivity index (χ1) is 17.9. The molecule has 208 valence electrons. The smallest absolute Gasteiger partial charge is 0.404 e. The average Bonchev–Trinajstić information content (AvgIpc) is 3.23. The Morgan fingerprint density at radius 3 is 2.47 bits per heavy atom. The highest BCUT2D eigenvalue weighted by molar-refractivity contribution is 6.48. The van der Waals surface area contributed by atoms with E-state index in [0.29, 0.717) is 23.3 Å². The molecule has 38 heavy (non-hydrogen) atoms. The van der Waals surface area contributed by atoms with Crippen molar-refractivity contribution in [1.82, 2.24) is 10.6 Å². The van der Waals surface area contributed by atoms with Crippen LogP contribution in [-0.2, 0) is 26.9 Å². The molecule has 1 aliphatic heterocycles. The highest BCUT2D eigenvalue weighted by Crippen LogP contribution is 2.65. The summed E-state index contributed by atoms with van der Waals surface area (Å²) >= 11 is 0. The minimum atomic E-state index is -0.636. The molecular formula is C31H47BN2O4. The summed E-state index contributed by atoms with van der Waals surface area (Å²) in [5.74, 6) is 0.849. The maximum atomic E-state index is 13.7. The highest BCUT2D eigenvalue weighted by Gasteiger charge is 2.68. The molecule has 2 amide bonds. The number of benzene rings is 1. The molecule has 0 unspecified atom stereocenters. The first-order valence-electron chi connectivity index (χ1n) is 15.0. The van der Waals surface area contributed by atoms with E-state index in [-0.39, 0.29) is 40.8 Å². The molecule has 1 aromatic carbocycles. The summed E-state index contributed by atoms with van der Waals surface area (Å²) < 4.78 is 13.3. The van der Waals surface area contributed by atoms with Crippen molar-refractivity contribution in [3.63, 3.8) is 0 Å². The van der Waals surface area contributed by atoms with E-state index in [0.717, 1.165) is 44.1 Å². The number of hydrogen-bond donors (Lipinski definition) is 2. The maximum Gasteiger partial charge on any atom is 0.481 e. The average molecular weight is 523 g/mol. The fourth-order valence-electron chi connectivity index (χ4n) is 7.84. The molecule has 0 radical (unpaired) electrons. The van der Waals surface area contributed by atoms with Crippen molar-refractivity contribution in [3.05, 3.63) is 34.9 Å². The summed E-state index contributed by atoms with van der Waals surface area (Å²) in [4.78, 5) is 27.2. The third kappa shape index (κ3) is 4.83. The molecule has 2 bridgehead atoms. The SMILES string of the molecule is CC(C)C[C@H](NC(=O)[C@@H](NC(=O)c1cccc2c1CCCC2)C(C)C)B1O[C@@H]2C[C@@H]3C[C@@H](C3(C)C)[C@]2(C)O1. The molecule has 1 aromatic rings. The number of amides is 2. The standard InChI is InChI=1S/C31H47BN2O4/c1-18(2)15-26(32-37-25-17-21-16-24(30(21,5)6)31(25,7)38-32)33-29(36)27(19(3)4)34-28(35)23-14-10-12-20-11-8-9-13-22(20)23/h10,12,14,18-19,21,24-27H,8-9,11,13,15-17H2,1-7H3,(H,33,36)(H,34,35)/t21-,24-,25+,26-,27-,31-/m0/s1. The van der Waals surface area contributed by atoms with Gasteiger partial charge < -0.3 is 19.9 Å². The van der Waals surface area contributed by atoms with Crippen molar-refractivity contribution in [2.45, 2.75) is 117 Å². The number of carbonyl (C=O) groups excluding carboxylic acids is 2. The van der Waals surface area contributed by atoms with Crippen molar-refractivity contribution >= 4 is 18.9 Å². The lowest BCUT2D eigenvalue weighted by Crippen LogP contribution is -2.65. The Balaban J connectivity index is 1.30. The van der Waals surface area contributed by atoms with Crippen molar-refractivity contribution in [2.75, 3.05) is 0 Å². The summed E-state index contributed by atoms with van der Waals surface area (Å²) in [6.45, 7) is 15.2. The van der Waals surface area contributed by atoms with Gasteiger partial charge in [0.05, 0.1) is 17.6 Å². The van der Waals surface area contributed by atoms with Gasteiger partial charge in [0.2, 0.25) is 5.91 Å². The van der Waals surface area contributed by atoms with Crippen LogP contribution in [0.2, 0.25) is 0 Å². The molecule has 3 saturated carbocycles. The molecule has 1 heterocycles. The molecule has 1 saturated heterocycles. The Kier molecular flexibility index (Phi) is 7.49. The molecule has 6 atom stereocenters. The van der Waals surface area contributed by atoms with Crippen molar-refractivity contribution < 1.29 is 18.9 Å². The van der Waals surface area contributed by atoms with Gasteiger partial charge in [0.25, 0.3) is 5.91 Å². The lowest BCUT2D eigenvalue weighted by atomic mass is 9.43. The predicted molar refractivity (Wildman–Crippen MR) is 151 cm³/mol. The normalized spacial score (nSPS) is 30.8. The summed E-state index contributed by atoms with van der Waals surface area (Å²) in [6, 6.07) is 5.34. The number of aryl methyl sites for hydroxylation is 1. The molecule has 7 heteroatoms. The Bertz CT molecular complexity index is 1070. The Hall–Kier alpha value is -1.86. The summed E-state index contributed by atoms with van der Waals surface area (Å²) in [6.07, 6.45) is 7.23. The number of fused-ring (bicyclic) bond motifs is 1. The van der Waals surface area contributed by atoms with Gasteiger partial charge in [-0.05, 0) is 98.1 Å². The van der Waals surface area contributed by atoms with E-state index in [2.05, 4.69) is 51.3 Å². The summed E-state index contributed by atoms with van der Waals surface area (Å²) in [5.41, 5.74) is 3.06.